The van der Waals surface area contributed by atoms with Gasteiger partial charge in [-0.3, -0.25) is 14.5 Å². The van der Waals surface area contributed by atoms with E-state index in [1.807, 2.05) is 57.2 Å². The maximum Gasteiger partial charge on any atom is 0.325 e. The molecule has 0 saturated carbocycles. The number of rotatable bonds is 5. The number of aryl methyl sites for hydroxylation is 2. The van der Waals surface area contributed by atoms with Gasteiger partial charge in [0.2, 0.25) is 5.91 Å². The zero-order chi connectivity index (χ0) is 19.6. The van der Waals surface area contributed by atoms with Gasteiger partial charge in [0.05, 0.1) is 0 Å². The van der Waals surface area contributed by atoms with Crippen molar-refractivity contribution in [1.82, 2.24) is 10.2 Å². The average Bonchev–Trinajstić information content (AvgIpc) is 2.86. The highest BCUT2D eigenvalue weighted by Crippen LogP contribution is 2.32. The zero-order valence-electron chi connectivity index (χ0n) is 15.7. The van der Waals surface area contributed by atoms with E-state index < -0.39 is 23.4 Å². The molecule has 2 aromatic carbocycles. The molecule has 0 bridgehead atoms. The van der Waals surface area contributed by atoms with Gasteiger partial charge in [-0.05, 0) is 49.1 Å². The third kappa shape index (κ3) is 3.56. The summed E-state index contributed by atoms with van der Waals surface area (Å²) in [6, 6.07) is 14.2. The second-order valence-electron chi connectivity index (χ2n) is 6.87. The summed E-state index contributed by atoms with van der Waals surface area (Å²) < 4.78 is 0. The van der Waals surface area contributed by atoms with Gasteiger partial charge in [0.25, 0.3) is 5.91 Å². The van der Waals surface area contributed by atoms with Gasteiger partial charge >= 0.3 is 6.03 Å². The Hall–Kier alpha value is -3.15. The first-order valence-electron chi connectivity index (χ1n) is 8.93. The fraction of sp³-hybridized carbons (Fsp3) is 0.286. The van der Waals surface area contributed by atoms with Gasteiger partial charge in [0, 0.05) is 5.69 Å². The third-order valence-electron chi connectivity index (χ3n) is 4.78. The van der Waals surface area contributed by atoms with E-state index in [9.17, 15) is 14.4 Å². The Labute approximate surface area is 158 Å². The second kappa shape index (κ2) is 7.23. The van der Waals surface area contributed by atoms with Crippen molar-refractivity contribution in [3.8, 4) is 0 Å². The Bertz CT molecular complexity index is 875. The Kier molecular flexibility index (Phi) is 4.99. The van der Waals surface area contributed by atoms with Crippen LogP contribution in [0.4, 0.5) is 10.5 Å². The summed E-state index contributed by atoms with van der Waals surface area (Å²) in [6.45, 7) is 5.39. The number of hydrogen-bond acceptors (Lipinski definition) is 3. The number of imide groups is 1. The van der Waals surface area contributed by atoms with Crippen LogP contribution in [0.5, 0.6) is 0 Å². The Morgan fingerprint density at radius 1 is 1.07 bits per heavy atom. The number of benzene rings is 2. The summed E-state index contributed by atoms with van der Waals surface area (Å²) in [4.78, 5) is 38.9. The molecule has 6 heteroatoms. The normalized spacial score (nSPS) is 19.1. The van der Waals surface area contributed by atoms with Crippen LogP contribution >= 0.6 is 0 Å². The first kappa shape index (κ1) is 18.6. The van der Waals surface area contributed by atoms with Crippen molar-refractivity contribution in [2.75, 3.05) is 11.9 Å². The van der Waals surface area contributed by atoms with E-state index in [0.29, 0.717) is 17.7 Å². The summed E-state index contributed by atoms with van der Waals surface area (Å²) in [7, 11) is 0. The topological polar surface area (TPSA) is 78.5 Å². The first-order valence-corrected chi connectivity index (χ1v) is 8.93. The van der Waals surface area contributed by atoms with Crippen molar-refractivity contribution in [1.29, 1.82) is 0 Å². The third-order valence-corrected chi connectivity index (χ3v) is 4.78. The highest BCUT2D eigenvalue weighted by atomic mass is 16.2. The van der Waals surface area contributed by atoms with Gasteiger partial charge in [-0.25, -0.2) is 4.79 Å². The van der Waals surface area contributed by atoms with E-state index in [-0.39, 0.29) is 6.54 Å². The minimum absolute atomic E-state index is 0.327. The van der Waals surface area contributed by atoms with Gasteiger partial charge < -0.3 is 10.6 Å². The lowest BCUT2D eigenvalue weighted by atomic mass is 9.87. The number of nitrogens with one attached hydrogen (secondary N) is 2. The molecule has 0 spiro atoms. The standard InChI is InChI=1S/C21H23N3O3/c1-4-21(16-8-6-5-7-9-16)19(26)24(20(27)23-21)13-18(25)22-17-11-14(2)10-15(3)12-17/h5-12H,4,13H2,1-3H3,(H,22,25)(H,23,27)/t21-/m0/s1. The molecular weight excluding hydrogens is 342 g/mol. The Morgan fingerprint density at radius 3 is 2.30 bits per heavy atom. The van der Waals surface area contributed by atoms with Crippen molar-refractivity contribution >= 4 is 23.5 Å². The second-order valence-corrected chi connectivity index (χ2v) is 6.87. The van der Waals surface area contributed by atoms with Gasteiger partial charge in [0.1, 0.15) is 12.1 Å². The molecule has 1 heterocycles. The van der Waals surface area contributed by atoms with Crippen molar-refractivity contribution < 1.29 is 14.4 Å². The van der Waals surface area contributed by atoms with Crippen molar-refractivity contribution in [2.45, 2.75) is 32.7 Å². The van der Waals surface area contributed by atoms with Gasteiger partial charge in [0.15, 0.2) is 0 Å². The quantitative estimate of drug-likeness (QED) is 0.799. The van der Waals surface area contributed by atoms with Crippen molar-refractivity contribution in [3.63, 3.8) is 0 Å². The van der Waals surface area contributed by atoms with E-state index in [2.05, 4.69) is 10.6 Å². The van der Waals surface area contributed by atoms with Gasteiger partial charge in [-0.2, -0.15) is 0 Å². The van der Waals surface area contributed by atoms with Crippen LogP contribution in [0.1, 0.15) is 30.0 Å². The average molecular weight is 365 g/mol. The maximum atomic E-state index is 13.0. The minimum Gasteiger partial charge on any atom is -0.325 e. The number of anilines is 1. The molecule has 0 aliphatic carbocycles. The molecule has 2 N–H and O–H groups in total. The predicted octanol–water partition coefficient (Wildman–Crippen LogP) is 3.10. The minimum atomic E-state index is -1.13. The first-order chi connectivity index (χ1) is 12.9. The van der Waals surface area contributed by atoms with Crippen LogP contribution in [-0.4, -0.2) is 29.3 Å². The lowest BCUT2D eigenvalue weighted by Crippen LogP contribution is -2.44. The summed E-state index contributed by atoms with van der Waals surface area (Å²) in [5, 5.41) is 5.54. The molecule has 1 aliphatic heterocycles. The molecule has 1 atom stereocenters. The number of carbonyl (C=O) groups excluding carboxylic acids is 3. The molecule has 0 radical (unpaired) electrons. The number of hydrogen-bond donors (Lipinski definition) is 2. The fourth-order valence-electron chi connectivity index (χ4n) is 3.52. The molecule has 1 saturated heterocycles. The SMILES string of the molecule is CC[C@@]1(c2ccccc2)NC(=O)N(CC(=O)Nc2cc(C)cc(C)c2)C1=O. The molecule has 4 amide bonds. The Balaban J connectivity index is 1.78. The van der Waals surface area contributed by atoms with Crippen LogP contribution in [-0.2, 0) is 15.1 Å². The monoisotopic (exact) mass is 365 g/mol. The smallest absolute Gasteiger partial charge is 0.325 e. The molecule has 2 aromatic rings. The summed E-state index contributed by atoms with van der Waals surface area (Å²) in [6.07, 6.45) is 0.400. The Morgan fingerprint density at radius 2 is 1.70 bits per heavy atom. The molecule has 1 fully saturated rings. The molecular formula is C21H23N3O3. The number of amides is 4. The lowest BCUT2D eigenvalue weighted by molar-refractivity contribution is -0.134. The molecule has 27 heavy (non-hydrogen) atoms. The van der Waals surface area contributed by atoms with Gasteiger partial charge in [-0.15, -0.1) is 0 Å². The summed E-state index contributed by atoms with van der Waals surface area (Å²) >= 11 is 0. The number of nitrogens with zero attached hydrogens (tertiary/aromatic N) is 1. The molecule has 140 valence electrons. The molecule has 0 aromatic heterocycles. The van der Waals surface area contributed by atoms with Crippen LogP contribution in [0, 0.1) is 13.8 Å². The molecule has 0 unspecified atom stereocenters. The van der Waals surface area contributed by atoms with E-state index in [0.717, 1.165) is 16.0 Å². The highest BCUT2D eigenvalue weighted by molar-refractivity contribution is 6.10. The largest absolute Gasteiger partial charge is 0.325 e. The predicted molar refractivity (Wildman–Crippen MR) is 103 cm³/mol. The van der Waals surface area contributed by atoms with Crippen molar-refractivity contribution in [2.24, 2.45) is 0 Å². The van der Waals surface area contributed by atoms with Crippen LogP contribution in [0.2, 0.25) is 0 Å². The highest BCUT2D eigenvalue weighted by Gasteiger charge is 2.51. The van der Waals surface area contributed by atoms with Crippen LogP contribution in [0.25, 0.3) is 0 Å². The summed E-state index contributed by atoms with van der Waals surface area (Å²) in [5.41, 5.74) is 2.28. The van der Waals surface area contributed by atoms with Crippen molar-refractivity contribution in [3.05, 3.63) is 65.2 Å². The van der Waals surface area contributed by atoms with Crippen LogP contribution < -0.4 is 10.6 Å². The number of urea groups is 1. The van der Waals surface area contributed by atoms with E-state index in [4.69, 9.17) is 0 Å². The molecule has 1 aliphatic rings. The van der Waals surface area contributed by atoms with Crippen LogP contribution in [0.3, 0.4) is 0 Å². The maximum absolute atomic E-state index is 13.0. The number of carbonyl (C=O) groups is 3. The molecule has 6 nitrogen and oxygen atoms in total. The van der Waals surface area contributed by atoms with E-state index in [1.165, 1.54) is 0 Å². The van der Waals surface area contributed by atoms with E-state index >= 15 is 0 Å². The lowest BCUT2D eigenvalue weighted by Gasteiger charge is -2.25. The van der Waals surface area contributed by atoms with Crippen LogP contribution in [0.15, 0.2) is 48.5 Å². The zero-order valence-corrected chi connectivity index (χ0v) is 15.7. The molecule has 3 rings (SSSR count). The fourth-order valence-corrected chi connectivity index (χ4v) is 3.52. The van der Waals surface area contributed by atoms with Gasteiger partial charge in [-0.1, -0.05) is 43.3 Å². The van der Waals surface area contributed by atoms with E-state index in [1.54, 1.807) is 12.1 Å². The summed E-state index contributed by atoms with van der Waals surface area (Å²) in [5.74, 6) is -0.819.